The second-order valence-corrected chi connectivity index (χ2v) is 8.68. The number of piperidine rings is 1. The van der Waals surface area contributed by atoms with Gasteiger partial charge in [-0.3, -0.25) is 9.69 Å². The Morgan fingerprint density at radius 3 is 2.20 bits per heavy atom. The van der Waals surface area contributed by atoms with E-state index in [4.69, 9.17) is 4.74 Å². The summed E-state index contributed by atoms with van der Waals surface area (Å²) in [5, 5.41) is 5.68. The molecule has 2 N–H and O–H groups in total. The van der Waals surface area contributed by atoms with Crippen molar-refractivity contribution >= 4 is 12.0 Å². The molecule has 1 aliphatic rings. The summed E-state index contributed by atoms with van der Waals surface area (Å²) in [6.07, 6.45) is 1.87. The first-order chi connectivity index (χ1) is 11.5. The Kier molecular flexibility index (Phi) is 8.19. The highest BCUT2D eigenvalue weighted by molar-refractivity contribution is 5.85. The van der Waals surface area contributed by atoms with Crippen LogP contribution in [0.15, 0.2) is 0 Å². The number of nitrogens with zero attached hydrogens (tertiary/aromatic N) is 1. The van der Waals surface area contributed by atoms with Crippen molar-refractivity contribution < 1.29 is 14.3 Å². The fourth-order valence-corrected chi connectivity index (χ4v) is 2.93. The summed E-state index contributed by atoms with van der Waals surface area (Å²) < 4.78 is 5.26. The molecule has 0 spiro atoms. The lowest BCUT2D eigenvalue weighted by Gasteiger charge is -2.35. The SMILES string of the molecule is CC1CCN(C(C)CNC(=O)C(NC(=O)OC(C)(C)C)C(C)C)CC1. The molecule has 0 aromatic carbocycles. The second-order valence-electron chi connectivity index (χ2n) is 8.68. The van der Waals surface area contributed by atoms with Crippen molar-refractivity contribution in [2.75, 3.05) is 19.6 Å². The van der Waals surface area contributed by atoms with Gasteiger partial charge in [0.1, 0.15) is 11.6 Å². The zero-order chi connectivity index (χ0) is 19.2. The molecule has 2 atom stereocenters. The zero-order valence-electron chi connectivity index (χ0n) is 17.0. The van der Waals surface area contributed by atoms with Gasteiger partial charge in [-0.2, -0.15) is 0 Å². The first-order valence-corrected chi connectivity index (χ1v) is 9.51. The number of hydrogen-bond donors (Lipinski definition) is 2. The van der Waals surface area contributed by atoms with Crippen LogP contribution in [0.4, 0.5) is 4.79 Å². The zero-order valence-corrected chi connectivity index (χ0v) is 17.0. The van der Waals surface area contributed by atoms with Crippen molar-refractivity contribution in [2.45, 2.75) is 79.0 Å². The second kappa shape index (κ2) is 9.41. The molecule has 1 aliphatic heterocycles. The average molecular weight is 356 g/mol. The predicted molar refractivity (Wildman–Crippen MR) is 100 cm³/mol. The summed E-state index contributed by atoms with van der Waals surface area (Å²) in [6, 6.07) is -0.297. The highest BCUT2D eigenvalue weighted by atomic mass is 16.6. The molecule has 146 valence electrons. The van der Waals surface area contributed by atoms with E-state index in [0.29, 0.717) is 12.6 Å². The van der Waals surface area contributed by atoms with Gasteiger partial charge in [-0.05, 0) is 65.5 Å². The number of nitrogens with one attached hydrogen (secondary N) is 2. The van der Waals surface area contributed by atoms with Crippen LogP contribution in [-0.2, 0) is 9.53 Å². The molecular formula is C19H37N3O3. The summed E-state index contributed by atoms with van der Waals surface area (Å²) in [6.45, 7) is 16.4. The highest BCUT2D eigenvalue weighted by Gasteiger charge is 2.28. The number of carbonyl (C=O) groups excluding carboxylic acids is 2. The van der Waals surface area contributed by atoms with Crippen LogP contribution >= 0.6 is 0 Å². The Balaban J connectivity index is 2.49. The van der Waals surface area contributed by atoms with E-state index in [1.54, 1.807) is 20.8 Å². The van der Waals surface area contributed by atoms with Gasteiger partial charge in [0.2, 0.25) is 5.91 Å². The summed E-state index contributed by atoms with van der Waals surface area (Å²) in [5.41, 5.74) is -0.581. The Hall–Kier alpha value is -1.30. The summed E-state index contributed by atoms with van der Waals surface area (Å²) in [4.78, 5) is 26.9. The van der Waals surface area contributed by atoms with Crippen molar-refractivity contribution in [3.05, 3.63) is 0 Å². The minimum Gasteiger partial charge on any atom is -0.444 e. The molecular weight excluding hydrogens is 318 g/mol. The van der Waals surface area contributed by atoms with Gasteiger partial charge in [0.15, 0.2) is 0 Å². The largest absolute Gasteiger partial charge is 0.444 e. The van der Waals surface area contributed by atoms with Crippen molar-refractivity contribution in [3.63, 3.8) is 0 Å². The Morgan fingerprint density at radius 2 is 1.72 bits per heavy atom. The van der Waals surface area contributed by atoms with Gasteiger partial charge in [0.25, 0.3) is 0 Å². The third kappa shape index (κ3) is 8.08. The predicted octanol–water partition coefficient (Wildman–Crippen LogP) is 2.77. The molecule has 0 saturated carbocycles. The topological polar surface area (TPSA) is 70.7 Å². The van der Waals surface area contributed by atoms with Gasteiger partial charge in [0.05, 0.1) is 0 Å². The van der Waals surface area contributed by atoms with Crippen LogP contribution in [0, 0.1) is 11.8 Å². The smallest absolute Gasteiger partial charge is 0.408 e. The lowest BCUT2D eigenvalue weighted by Crippen LogP contribution is -2.53. The average Bonchev–Trinajstić information content (AvgIpc) is 2.48. The fraction of sp³-hybridized carbons (Fsp3) is 0.895. The van der Waals surface area contributed by atoms with Crippen LogP contribution in [-0.4, -0.2) is 54.2 Å². The Bertz CT molecular complexity index is 438. The number of rotatable bonds is 6. The normalized spacial score (nSPS) is 19.4. The molecule has 0 bridgehead atoms. The van der Waals surface area contributed by atoms with Gasteiger partial charge in [-0.15, -0.1) is 0 Å². The summed E-state index contributed by atoms with van der Waals surface area (Å²) >= 11 is 0. The van der Waals surface area contributed by atoms with Crippen molar-refractivity contribution in [2.24, 2.45) is 11.8 Å². The molecule has 6 heteroatoms. The van der Waals surface area contributed by atoms with Gasteiger partial charge in [-0.1, -0.05) is 20.8 Å². The molecule has 0 aromatic heterocycles. The molecule has 2 amide bonds. The lowest BCUT2D eigenvalue weighted by atomic mass is 9.98. The molecule has 0 radical (unpaired) electrons. The molecule has 1 heterocycles. The third-order valence-electron chi connectivity index (χ3n) is 4.63. The van der Waals surface area contributed by atoms with Gasteiger partial charge < -0.3 is 15.4 Å². The quantitative estimate of drug-likeness (QED) is 0.768. The van der Waals surface area contributed by atoms with Gasteiger partial charge >= 0.3 is 6.09 Å². The highest BCUT2D eigenvalue weighted by Crippen LogP contribution is 2.17. The van der Waals surface area contributed by atoms with Crippen LogP contribution < -0.4 is 10.6 Å². The number of amides is 2. The number of hydrogen-bond acceptors (Lipinski definition) is 4. The van der Waals surface area contributed by atoms with E-state index >= 15 is 0 Å². The molecule has 1 rings (SSSR count). The first kappa shape index (κ1) is 21.7. The van der Waals surface area contributed by atoms with Crippen LogP contribution in [0.1, 0.15) is 61.3 Å². The van der Waals surface area contributed by atoms with E-state index in [2.05, 4.69) is 29.4 Å². The number of alkyl carbamates (subject to hydrolysis) is 1. The van der Waals surface area contributed by atoms with Gasteiger partial charge in [0, 0.05) is 12.6 Å². The van der Waals surface area contributed by atoms with Gasteiger partial charge in [-0.25, -0.2) is 4.79 Å². The Labute approximate surface area is 153 Å². The molecule has 25 heavy (non-hydrogen) atoms. The Morgan fingerprint density at radius 1 is 1.16 bits per heavy atom. The molecule has 0 aromatic rings. The summed E-state index contributed by atoms with van der Waals surface area (Å²) in [7, 11) is 0. The molecule has 6 nitrogen and oxygen atoms in total. The first-order valence-electron chi connectivity index (χ1n) is 9.51. The standard InChI is InChI=1S/C19H37N3O3/c1-13(2)16(21-18(24)25-19(5,6)7)17(23)20-12-15(4)22-10-8-14(3)9-11-22/h13-16H,8-12H2,1-7H3,(H,20,23)(H,21,24). The van der Waals surface area contributed by atoms with Crippen molar-refractivity contribution in [1.82, 2.24) is 15.5 Å². The molecule has 2 unspecified atom stereocenters. The van der Waals surface area contributed by atoms with E-state index in [-0.39, 0.29) is 11.8 Å². The lowest BCUT2D eigenvalue weighted by molar-refractivity contribution is -0.124. The van der Waals surface area contributed by atoms with Crippen LogP contribution in [0.5, 0.6) is 0 Å². The number of ether oxygens (including phenoxy) is 1. The minimum atomic E-state index is -0.594. The van der Waals surface area contributed by atoms with Crippen molar-refractivity contribution in [3.8, 4) is 0 Å². The number of carbonyl (C=O) groups is 2. The summed E-state index contributed by atoms with van der Waals surface area (Å²) in [5.74, 6) is 0.623. The van der Waals surface area contributed by atoms with E-state index in [1.807, 2.05) is 13.8 Å². The maximum Gasteiger partial charge on any atom is 0.408 e. The fourth-order valence-electron chi connectivity index (χ4n) is 2.93. The van der Waals surface area contributed by atoms with Crippen LogP contribution in [0.3, 0.4) is 0 Å². The van der Waals surface area contributed by atoms with Crippen LogP contribution in [0.25, 0.3) is 0 Å². The van der Waals surface area contributed by atoms with E-state index < -0.39 is 17.7 Å². The molecule has 1 saturated heterocycles. The monoisotopic (exact) mass is 355 g/mol. The molecule has 0 aliphatic carbocycles. The molecule has 1 fully saturated rings. The van der Waals surface area contributed by atoms with E-state index in [9.17, 15) is 9.59 Å². The maximum atomic E-state index is 12.5. The number of likely N-dealkylation sites (tertiary alicyclic amines) is 1. The minimum absolute atomic E-state index is 0.0151. The third-order valence-corrected chi connectivity index (χ3v) is 4.63. The van der Waals surface area contributed by atoms with Crippen molar-refractivity contribution in [1.29, 1.82) is 0 Å². The van der Waals surface area contributed by atoms with E-state index in [0.717, 1.165) is 19.0 Å². The van der Waals surface area contributed by atoms with Crippen LogP contribution in [0.2, 0.25) is 0 Å². The maximum absolute atomic E-state index is 12.5. The van der Waals surface area contributed by atoms with E-state index in [1.165, 1.54) is 12.8 Å².